The van der Waals surface area contributed by atoms with Crippen molar-refractivity contribution < 1.29 is 38.6 Å². The summed E-state index contributed by atoms with van der Waals surface area (Å²) < 4.78 is 11.3. The van der Waals surface area contributed by atoms with Crippen LogP contribution in [0.15, 0.2) is 48.5 Å². The van der Waals surface area contributed by atoms with Crippen molar-refractivity contribution in [1.29, 1.82) is 0 Å². The number of rotatable bonds is 5. The lowest BCUT2D eigenvalue weighted by Crippen LogP contribution is -2.60. The lowest BCUT2D eigenvalue weighted by atomic mass is 10.0. The Kier molecular flexibility index (Phi) is 10.8. The summed E-state index contributed by atoms with van der Waals surface area (Å²) in [6, 6.07) is 10.4. The number of carbonyl (C=O) groups excluding carboxylic acids is 5. The molecule has 13 heteroatoms. The van der Waals surface area contributed by atoms with Crippen LogP contribution in [0.3, 0.4) is 0 Å². The highest BCUT2D eigenvalue weighted by Crippen LogP contribution is 2.34. The summed E-state index contributed by atoms with van der Waals surface area (Å²) in [5, 5.41) is 21.0. The lowest BCUT2D eigenvalue weighted by molar-refractivity contribution is -0.135. The number of aliphatic hydroxyl groups is 1. The minimum atomic E-state index is -1.35. The van der Waals surface area contributed by atoms with Gasteiger partial charge in [0, 0.05) is 19.5 Å². The molecule has 0 spiro atoms. The predicted octanol–water partition coefficient (Wildman–Crippen LogP) is -0.236. The van der Waals surface area contributed by atoms with Gasteiger partial charge in [0.1, 0.15) is 31.3 Å². The van der Waals surface area contributed by atoms with E-state index < -0.39 is 60.3 Å². The molecule has 0 unspecified atom stereocenters. The smallest absolute Gasteiger partial charge is 0.258 e. The molecule has 2 aromatic carbocycles. The van der Waals surface area contributed by atoms with Crippen LogP contribution in [0.1, 0.15) is 36.7 Å². The quantitative estimate of drug-likeness (QED) is 0.309. The lowest BCUT2D eigenvalue weighted by Gasteiger charge is -2.28. The number of ether oxygens (including phenoxy) is 2. The first-order chi connectivity index (χ1) is 21.0. The van der Waals surface area contributed by atoms with Gasteiger partial charge in [-0.3, -0.25) is 24.0 Å². The Balaban J connectivity index is 1.64. The van der Waals surface area contributed by atoms with E-state index in [4.69, 9.17) is 9.47 Å². The van der Waals surface area contributed by atoms with Crippen LogP contribution in [0, 0.1) is 5.92 Å². The molecule has 4 rings (SSSR count). The van der Waals surface area contributed by atoms with Gasteiger partial charge in [-0.2, -0.15) is 0 Å². The summed E-state index contributed by atoms with van der Waals surface area (Å²) in [6.45, 7) is 4.80. The van der Waals surface area contributed by atoms with E-state index in [-0.39, 0.29) is 43.3 Å². The second kappa shape index (κ2) is 14.7. The molecule has 5 N–H and O–H groups in total. The highest BCUT2D eigenvalue weighted by molar-refractivity contribution is 6.00. The number of hydrogen-bond acceptors (Lipinski definition) is 8. The molecule has 5 amide bonds. The van der Waals surface area contributed by atoms with Gasteiger partial charge in [0.05, 0.1) is 18.2 Å². The number of hydrogen-bond donors (Lipinski definition) is 5. The number of amides is 5. The molecule has 2 aromatic rings. The zero-order valence-corrected chi connectivity index (χ0v) is 25.0. The van der Waals surface area contributed by atoms with Crippen molar-refractivity contribution in [2.24, 2.45) is 5.92 Å². The van der Waals surface area contributed by atoms with Crippen molar-refractivity contribution in [3.05, 3.63) is 59.7 Å². The van der Waals surface area contributed by atoms with E-state index in [1.807, 2.05) is 6.07 Å². The van der Waals surface area contributed by atoms with Crippen molar-refractivity contribution in [1.82, 2.24) is 26.2 Å². The first-order valence-corrected chi connectivity index (χ1v) is 14.6. The third-order valence-electron chi connectivity index (χ3n) is 7.34. The summed E-state index contributed by atoms with van der Waals surface area (Å²) in [7, 11) is 0. The Morgan fingerprint density at radius 3 is 2.32 bits per heavy atom. The van der Waals surface area contributed by atoms with E-state index in [1.54, 1.807) is 56.3 Å². The normalized spacial score (nSPS) is 22.5. The van der Waals surface area contributed by atoms with Crippen molar-refractivity contribution in [3.63, 3.8) is 0 Å². The average Bonchev–Trinajstić information content (AvgIpc) is 3.00. The van der Waals surface area contributed by atoms with Gasteiger partial charge in [-0.15, -0.1) is 0 Å². The van der Waals surface area contributed by atoms with Crippen LogP contribution in [0.4, 0.5) is 0 Å². The molecular weight excluding hydrogens is 570 g/mol. The minimum Gasteiger partial charge on any atom is -0.486 e. The van der Waals surface area contributed by atoms with E-state index in [1.165, 1.54) is 11.8 Å². The van der Waals surface area contributed by atoms with Gasteiger partial charge in [0.2, 0.25) is 23.6 Å². The van der Waals surface area contributed by atoms with Crippen molar-refractivity contribution in [2.45, 2.75) is 51.4 Å². The van der Waals surface area contributed by atoms with Gasteiger partial charge in [-0.05, 0) is 30.5 Å². The molecule has 1 fully saturated rings. The van der Waals surface area contributed by atoms with Gasteiger partial charge >= 0.3 is 0 Å². The largest absolute Gasteiger partial charge is 0.486 e. The van der Waals surface area contributed by atoms with Gasteiger partial charge < -0.3 is 40.7 Å². The zero-order chi connectivity index (χ0) is 31.8. The Hall–Kier alpha value is -4.65. The molecule has 0 saturated carbocycles. The molecule has 2 aliphatic rings. The van der Waals surface area contributed by atoms with Crippen LogP contribution < -0.4 is 30.7 Å². The third-order valence-corrected chi connectivity index (χ3v) is 7.34. The summed E-state index contributed by atoms with van der Waals surface area (Å²) >= 11 is 0. The molecule has 0 aromatic heterocycles. The monoisotopic (exact) mass is 609 g/mol. The van der Waals surface area contributed by atoms with Gasteiger partial charge in [0.15, 0.2) is 11.5 Å². The molecule has 2 aliphatic heterocycles. The molecule has 4 atom stereocenters. The predicted molar refractivity (Wildman–Crippen MR) is 159 cm³/mol. The Labute approximate surface area is 255 Å². The summed E-state index contributed by atoms with van der Waals surface area (Å²) in [4.78, 5) is 68.3. The van der Waals surface area contributed by atoms with E-state index in [0.29, 0.717) is 12.4 Å². The molecule has 44 heavy (non-hydrogen) atoms. The van der Waals surface area contributed by atoms with Crippen LogP contribution >= 0.6 is 0 Å². The number of nitrogens with one attached hydrogen (secondary N) is 4. The van der Waals surface area contributed by atoms with Gasteiger partial charge in [-0.1, -0.05) is 50.2 Å². The fraction of sp³-hybridized carbons (Fsp3) is 0.452. The number of para-hydroxylation sites is 1. The summed E-state index contributed by atoms with van der Waals surface area (Å²) in [5.41, 5.74) is 0.927. The SMILES string of the molecule is CC(C)[C@H]1NC(=O)CN(C(=O)c2cccc3c2OCCO3)CCNC(=O)[C@H]([C@@H](C)O)NC(=O)[C@H](Cc2ccccc2)NC1=O. The first kappa shape index (κ1) is 32.3. The molecule has 2 heterocycles. The van der Waals surface area contributed by atoms with E-state index in [0.717, 1.165) is 5.56 Å². The number of fused-ring (bicyclic) bond motifs is 1. The first-order valence-electron chi connectivity index (χ1n) is 14.6. The second-order valence-corrected chi connectivity index (χ2v) is 11.1. The number of carbonyl (C=O) groups is 5. The fourth-order valence-electron chi connectivity index (χ4n) is 5.00. The van der Waals surface area contributed by atoms with E-state index >= 15 is 0 Å². The highest BCUT2D eigenvalue weighted by atomic mass is 16.6. The molecule has 13 nitrogen and oxygen atoms in total. The van der Waals surface area contributed by atoms with Crippen LogP contribution in [-0.4, -0.2) is 96.6 Å². The molecule has 0 aliphatic carbocycles. The minimum absolute atomic E-state index is 0.0957. The van der Waals surface area contributed by atoms with Crippen molar-refractivity contribution in [3.8, 4) is 11.5 Å². The molecule has 1 saturated heterocycles. The summed E-state index contributed by atoms with van der Waals surface area (Å²) in [5.74, 6) is -2.87. The average molecular weight is 610 g/mol. The Morgan fingerprint density at radius 2 is 1.61 bits per heavy atom. The standard InChI is InChI=1S/C31H39N5O8/c1-18(2)25-30(41)33-22(16-20-8-5-4-6-9-20)28(39)35-26(19(3)37)29(40)32-12-13-36(17-24(38)34-25)31(42)21-10-7-11-23-27(21)44-15-14-43-23/h4-11,18-19,22,25-26,37H,12-17H2,1-3H3,(H,32,40)(H,33,41)(H,34,38)(H,35,39)/t19-,22+,25-,26+/m1/s1. The number of aliphatic hydroxyl groups excluding tert-OH is 1. The number of benzene rings is 2. The summed E-state index contributed by atoms with van der Waals surface area (Å²) in [6.07, 6.45) is -1.18. The maximum Gasteiger partial charge on any atom is 0.258 e. The zero-order valence-electron chi connectivity index (χ0n) is 25.0. The second-order valence-electron chi connectivity index (χ2n) is 11.1. The van der Waals surface area contributed by atoms with Crippen LogP contribution in [-0.2, 0) is 25.6 Å². The van der Waals surface area contributed by atoms with E-state index in [2.05, 4.69) is 21.3 Å². The molecular formula is C31H39N5O8. The van der Waals surface area contributed by atoms with Crippen molar-refractivity contribution >= 4 is 29.5 Å². The third kappa shape index (κ3) is 8.04. The van der Waals surface area contributed by atoms with Crippen LogP contribution in [0.5, 0.6) is 11.5 Å². The highest BCUT2D eigenvalue weighted by Gasteiger charge is 2.34. The van der Waals surface area contributed by atoms with Crippen molar-refractivity contribution in [2.75, 3.05) is 32.8 Å². The molecule has 236 valence electrons. The topological polar surface area (TPSA) is 175 Å². The molecule has 0 radical (unpaired) electrons. The van der Waals surface area contributed by atoms with Crippen LogP contribution in [0.2, 0.25) is 0 Å². The maximum atomic E-state index is 13.7. The van der Waals surface area contributed by atoms with Gasteiger partial charge in [-0.25, -0.2) is 0 Å². The Morgan fingerprint density at radius 1 is 0.886 bits per heavy atom. The Bertz CT molecular complexity index is 1370. The number of nitrogens with zero attached hydrogens (tertiary/aromatic N) is 1. The molecule has 0 bridgehead atoms. The van der Waals surface area contributed by atoms with Crippen LogP contribution in [0.25, 0.3) is 0 Å². The van der Waals surface area contributed by atoms with E-state index in [9.17, 15) is 29.1 Å². The maximum absolute atomic E-state index is 13.7. The van der Waals surface area contributed by atoms with Gasteiger partial charge in [0.25, 0.3) is 5.91 Å². The fourth-order valence-corrected chi connectivity index (χ4v) is 5.00.